The van der Waals surface area contributed by atoms with E-state index < -0.39 is 5.97 Å². The second-order valence-electron chi connectivity index (χ2n) is 6.08. The maximum absolute atomic E-state index is 11.1. The summed E-state index contributed by atoms with van der Waals surface area (Å²) in [5, 5.41) is 9.14. The van der Waals surface area contributed by atoms with Crippen LogP contribution in [-0.4, -0.2) is 27.7 Å². The number of ether oxygens (including phenoxy) is 1. The molecule has 1 heterocycles. The number of carboxylic acid groups (broad SMARTS) is 1. The summed E-state index contributed by atoms with van der Waals surface area (Å²) in [7, 11) is 0. The number of hydrogen-bond acceptors (Lipinski definition) is 4. The van der Waals surface area contributed by atoms with Gasteiger partial charge in [0.05, 0.1) is 5.92 Å². The number of aliphatic carboxylic acids is 1. The van der Waals surface area contributed by atoms with Gasteiger partial charge >= 0.3 is 5.97 Å². The molecule has 0 bridgehead atoms. The van der Waals surface area contributed by atoms with E-state index in [4.69, 9.17) is 14.8 Å². The van der Waals surface area contributed by atoms with Gasteiger partial charge in [0.25, 0.3) is 0 Å². The van der Waals surface area contributed by atoms with Crippen LogP contribution in [0.2, 0.25) is 0 Å². The van der Waals surface area contributed by atoms with Gasteiger partial charge in [-0.3, -0.25) is 4.79 Å². The quantitative estimate of drug-likeness (QED) is 0.922. The monoisotopic (exact) mass is 290 g/mol. The molecule has 114 valence electrons. The molecule has 0 aliphatic heterocycles. The predicted octanol–water partition coefficient (Wildman–Crippen LogP) is 2.47. The van der Waals surface area contributed by atoms with Gasteiger partial charge < -0.3 is 9.84 Å². The summed E-state index contributed by atoms with van der Waals surface area (Å²) in [6, 6.07) is 0. The fourth-order valence-corrected chi connectivity index (χ4v) is 3.59. The lowest BCUT2D eigenvalue weighted by molar-refractivity contribution is -0.142. The SMILES string of the molecule is CCOC1(c2ncc3c(n2)CCC(C(=O)O)C3)CCCC1. The number of nitrogens with zero attached hydrogens (tertiary/aromatic N) is 2. The number of rotatable bonds is 4. The first-order chi connectivity index (χ1) is 10.1. The smallest absolute Gasteiger partial charge is 0.306 e. The van der Waals surface area contributed by atoms with E-state index in [0.29, 0.717) is 19.4 Å². The van der Waals surface area contributed by atoms with E-state index in [1.807, 2.05) is 13.1 Å². The molecule has 1 saturated carbocycles. The van der Waals surface area contributed by atoms with Crippen molar-refractivity contribution in [2.45, 2.75) is 57.5 Å². The minimum atomic E-state index is -0.716. The Kier molecular flexibility index (Phi) is 3.93. The van der Waals surface area contributed by atoms with Crippen molar-refractivity contribution in [3.8, 4) is 0 Å². The summed E-state index contributed by atoms with van der Waals surface area (Å²) in [6.45, 7) is 2.68. The van der Waals surface area contributed by atoms with Crippen LogP contribution in [-0.2, 0) is 28.0 Å². The largest absolute Gasteiger partial charge is 0.481 e. The standard InChI is InChI=1S/C16H22N2O3/c1-2-21-16(7-3-4-8-16)15-17-10-12-9-11(14(19)20)5-6-13(12)18-15/h10-11H,2-9H2,1H3,(H,19,20). The average molecular weight is 290 g/mol. The van der Waals surface area contributed by atoms with Crippen molar-refractivity contribution in [2.24, 2.45) is 5.92 Å². The summed E-state index contributed by atoms with van der Waals surface area (Å²) >= 11 is 0. The van der Waals surface area contributed by atoms with Gasteiger partial charge in [-0.15, -0.1) is 0 Å². The number of aryl methyl sites for hydroxylation is 1. The van der Waals surface area contributed by atoms with Crippen molar-refractivity contribution in [2.75, 3.05) is 6.61 Å². The van der Waals surface area contributed by atoms with Gasteiger partial charge in [-0.2, -0.15) is 0 Å². The molecule has 21 heavy (non-hydrogen) atoms. The molecule has 5 heteroatoms. The molecule has 0 aromatic carbocycles. The van der Waals surface area contributed by atoms with Crippen LogP contribution in [0.15, 0.2) is 6.20 Å². The van der Waals surface area contributed by atoms with E-state index in [1.165, 1.54) is 0 Å². The van der Waals surface area contributed by atoms with Gasteiger partial charge in [0.15, 0.2) is 5.82 Å². The molecule has 1 N–H and O–H groups in total. The van der Waals surface area contributed by atoms with Crippen molar-refractivity contribution in [3.05, 3.63) is 23.3 Å². The molecule has 0 spiro atoms. The molecule has 1 aromatic heterocycles. The summed E-state index contributed by atoms with van der Waals surface area (Å²) < 4.78 is 6.01. The maximum atomic E-state index is 11.1. The summed E-state index contributed by atoms with van der Waals surface area (Å²) in [5.74, 6) is -0.208. The van der Waals surface area contributed by atoms with Crippen molar-refractivity contribution >= 4 is 5.97 Å². The average Bonchev–Trinajstić information content (AvgIpc) is 2.96. The fourth-order valence-electron chi connectivity index (χ4n) is 3.59. The first-order valence-corrected chi connectivity index (χ1v) is 7.86. The van der Waals surface area contributed by atoms with Crippen LogP contribution in [0.4, 0.5) is 0 Å². The van der Waals surface area contributed by atoms with Crippen molar-refractivity contribution in [3.63, 3.8) is 0 Å². The summed E-state index contributed by atoms with van der Waals surface area (Å²) in [5.41, 5.74) is 1.69. The van der Waals surface area contributed by atoms with Gasteiger partial charge in [0.1, 0.15) is 5.60 Å². The maximum Gasteiger partial charge on any atom is 0.306 e. The fraction of sp³-hybridized carbons (Fsp3) is 0.688. The third-order valence-electron chi connectivity index (χ3n) is 4.74. The summed E-state index contributed by atoms with van der Waals surface area (Å²) in [6.07, 6.45) is 8.04. The molecule has 0 amide bonds. The van der Waals surface area contributed by atoms with Crippen molar-refractivity contribution in [1.82, 2.24) is 9.97 Å². The van der Waals surface area contributed by atoms with Crippen LogP contribution in [0.3, 0.4) is 0 Å². The molecule has 1 aromatic rings. The number of hydrogen-bond donors (Lipinski definition) is 1. The van der Waals surface area contributed by atoms with E-state index in [2.05, 4.69) is 4.98 Å². The lowest BCUT2D eigenvalue weighted by Gasteiger charge is -2.29. The van der Waals surface area contributed by atoms with Gasteiger partial charge in [-0.1, -0.05) is 0 Å². The topological polar surface area (TPSA) is 72.3 Å². The van der Waals surface area contributed by atoms with E-state index >= 15 is 0 Å². The lowest BCUT2D eigenvalue weighted by atomic mass is 9.87. The Balaban J connectivity index is 1.88. The normalized spacial score (nSPS) is 23.8. The molecule has 2 aliphatic rings. The zero-order chi connectivity index (χ0) is 14.9. The Morgan fingerprint density at radius 1 is 1.48 bits per heavy atom. The van der Waals surface area contributed by atoms with Crippen LogP contribution in [0.5, 0.6) is 0 Å². The predicted molar refractivity (Wildman–Crippen MR) is 77.0 cm³/mol. The molecule has 1 fully saturated rings. The summed E-state index contributed by atoms with van der Waals surface area (Å²) in [4.78, 5) is 20.4. The Morgan fingerprint density at radius 3 is 2.90 bits per heavy atom. The third-order valence-corrected chi connectivity index (χ3v) is 4.74. The highest BCUT2D eigenvalue weighted by atomic mass is 16.5. The van der Waals surface area contributed by atoms with Crippen LogP contribution in [0.25, 0.3) is 0 Å². The van der Waals surface area contributed by atoms with E-state index in [-0.39, 0.29) is 11.5 Å². The molecule has 2 aliphatic carbocycles. The van der Waals surface area contributed by atoms with E-state index in [1.54, 1.807) is 0 Å². The number of carbonyl (C=O) groups is 1. The van der Waals surface area contributed by atoms with Crippen LogP contribution < -0.4 is 0 Å². The highest BCUT2D eigenvalue weighted by Crippen LogP contribution is 2.41. The molecule has 0 saturated heterocycles. The second-order valence-corrected chi connectivity index (χ2v) is 6.08. The van der Waals surface area contributed by atoms with Crippen LogP contribution in [0.1, 0.15) is 56.1 Å². The third kappa shape index (κ3) is 2.67. The molecule has 1 atom stereocenters. The Hall–Kier alpha value is -1.49. The molecular formula is C16H22N2O3. The minimum Gasteiger partial charge on any atom is -0.481 e. The number of fused-ring (bicyclic) bond motifs is 1. The zero-order valence-electron chi connectivity index (χ0n) is 12.5. The molecular weight excluding hydrogens is 268 g/mol. The minimum absolute atomic E-state index is 0.292. The first kappa shape index (κ1) is 14.4. The van der Waals surface area contributed by atoms with Gasteiger partial charge in [-0.25, -0.2) is 9.97 Å². The van der Waals surface area contributed by atoms with Crippen LogP contribution in [0, 0.1) is 5.92 Å². The first-order valence-electron chi connectivity index (χ1n) is 7.86. The van der Waals surface area contributed by atoms with Crippen LogP contribution >= 0.6 is 0 Å². The second kappa shape index (κ2) is 5.72. The highest BCUT2D eigenvalue weighted by molar-refractivity contribution is 5.70. The number of carboxylic acids is 1. The van der Waals surface area contributed by atoms with Gasteiger partial charge in [0.2, 0.25) is 0 Å². The lowest BCUT2D eigenvalue weighted by Crippen LogP contribution is -2.31. The molecule has 0 radical (unpaired) electrons. The molecule has 5 nitrogen and oxygen atoms in total. The zero-order valence-corrected chi connectivity index (χ0v) is 12.5. The van der Waals surface area contributed by atoms with E-state index in [9.17, 15) is 4.79 Å². The Labute approximate surface area is 124 Å². The molecule has 3 rings (SSSR count). The molecule has 1 unspecified atom stereocenters. The Bertz CT molecular complexity index is 538. The van der Waals surface area contributed by atoms with Crippen molar-refractivity contribution < 1.29 is 14.6 Å². The highest BCUT2D eigenvalue weighted by Gasteiger charge is 2.40. The Morgan fingerprint density at radius 2 is 2.24 bits per heavy atom. The van der Waals surface area contributed by atoms with E-state index in [0.717, 1.165) is 49.2 Å². The van der Waals surface area contributed by atoms with Crippen molar-refractivity contribution in [1.29, 1.82) is 0 Å². The van der Waals surface area contributed by atoms with Gasteiger partial charge in [-0.05, 0) is 57.4 Å². The number of aromatic nitrogens is 2. The van der Waals surface area contributed by atoms with Gasteiger partial charge in [0, 0.05) is 18.5 Å².